The molecule has 2 heterocycles. The van der Waals surface area contributed by atoms with Crippen molar-refractivity contribution in [1.29, 1.82) is 0 Å². The van der Waals surface area contributed by atoms with Crippen molar-refractivity contribution in [3.8, 4) is 0 Å². The van der Waals surface area contributed by atoms with E-state index in [4.69, 9.17) is 0 Å². The van der Waals surface area contributed by atoms with Crippen LogP contribution in [-0.4, -0.2) is 30.1 Å². The molecule has 2 aliphatic rings. The number of urea groups is 1. The molecule has 27 heavy (non-hydrogen) atoms. The third kappa shape index (κ3) is 4.71. The number of benzene rings is 1. The fourth-order valence-electron chi connectivity index (χ4n) is 4.38. The molecule has 1 saturated carbocycles. The molecule has 0 bridgehead atoms. The van der Waals surface area contributed by atoms with Crippen LogP contribution >= 0.6 is 11.3 Å². The van der Waals surface area contributed by atoms with Gasteiger partial charge in [0.2, 0.25) is 0 Å². The lowest BCUT2D eigenvalue weighted by Gasteiger charge is -2.35. The van der Waals surface area contributed by atoms with Crippen molar-refractivity contribution in [3.63, 3.8) is 0 Å². The molecule has 4 nitrogen and oxygen atoms in total. The quantitative estimate of drug-likeness (QED) is 0.799. The number of hydrogen-bond donors (Lipinski definition) is 2. The predicted octanol–water partition coefficient (Wildman–Crippen LogP) is 4.48. The Morgan fingerprint density at radius 3 is 2.74 bits per heavy atom. The summed E-state index contributed by atoms with van der Waals surface area (Å²) in [6, 6.07) is 11.5. The molecular formula is C22H29N3OS. The lowest BCUT2D eigenvalue weighted by atomic mass is 9.96. The van der Waals surface area contributed by atoms with Crippen LogP contribution in [0.4, 0.5) is 4.79 Å². The van der Waals surface area contributed by atoms with Crippen LogP contribution in [-0.2, 0) is 13.0 Å². The highest BCUT2D eigenvalue weighted by Crippen LogP contribution is 2.28. The van der Waals surface area contributed by atoms with E-state index in [-0.39, 0.29) is 12.1 Å². The lowest BCUT2D eigenvalue weighted by molar-refractivity contribution is 0.173. The summed E-state index contributed by atoms with van der Waals surface area (Å²) in [6.07, 6.45) is 7.07. The molecule has 1 atom stereocenters. The van der Waals surface area contributed by atoms with Crippen molar-refractivity contribution in [2.75, 3.05) is 13.1 Å². The number of amides is 2. The highest BCUT2D eigenvalue weighted by Gasteiger charge is 2.26. The predicted molar refractivity (Wildman–Crippen MR) is 111 cm³/mol. The second kappa shape index (κ2) is 8.89. The van der Waals surface area contributed by atoms with Gasteiger partial charge in [0.05, 0.1) is 6.04 Å². The zero-order valence-corrected chi connectivity index (χ0v) is 16.6. The van der Waals surface area contributed by atoms with E-state index in [1.165, 1.54) is 36.0 Å². The van der Waals surface area contributed by atoms with Gasteiger partial charge < -0.3 is 10.6 Å². The minimum atomic E-state index is -0.0143. The molecule has 5 heteroatoms. The fraction of sp³-hybridized carbons (Fsp3) is 0.500. The second-order valence-corrected chi connectivity index (χ2v) is 8.53. The molecule has 1 aromatic heterocycles. The summed E-state index contributed by atoms with van der Waals surface area (Å²) >= 11 is 1.73. The first-order valence-corrected chi connectivity index (χ1v) is 11.1. The van der Waals surface area contributed by atoms with Crippen LogP contribution in [0.5, 0.6) is 0 Å². The van der Waals surface area contributed by atoms with E-state index >= 15 is 0 Å². The van der Waals surface area contributed by atoms with Gasteiger partial charge in [0.1, 0.15) is 0 Å². The number of hydrogen-bond acceptors (Lipinski definition) is 3. The Morgan fingerprint density at radius 2 is 1.96 bits per heavy atom. The summed E-state index contributed by atoms with van der Waals surface area (Å²) in [6.45, 7) is 2.63. The van der Waals surface area contributed by atoms with Gasteiger partial charge in [0.15, 0.2) is 0 Å². The summed E-state index contributed by atoms with van der Waals surface area (Å²) in [5.41, 5.74) is 4.17. The highest BCUT2D eigenvalue weighted by molar-refractivity contribution is 7.07. The van der Waals surface area contributed by atoms with E-state index in [1.807, 2.05) is 0 Å². The van der Waals surface area contributed by atoms with E-state index in [1.54, 1.807) is 11.3 Å². The van der Waals surface area contributed by atoms with Crippen LogP contribution in [0.2, 0.25) is 0 Å². The molecule has 0 spiro atoms. The van der Waals surface area contributed by atoms with Gasteiger partial charge in [0, 0.05) is 25.7 Å². The van der Waals surface area contributed by atoms with Crippen LogP contribution < -0.4 is 10.6 Å². The van der Waals surface area contributed by atoms with Gasteiger partial charge in [-0.25, -0.2) is 4.79 Å². The largest absolute Gasteiger partial charge is 0.336 e. The summed E-state index contributed by atoms with van der Waals surface area (Å²) in [7, 11) is 0. The first-order valence-electron chi connectivity index (χ1n) is 10.2. The maximum atomic E-state index is 12.4. The average molecular weight is 384 g/mol. The SMILES string of the molecule is O=C(NCC(c1ccsc1)N1CCc2ccccc2C1)NC1CCCCC1. The molecule has 144 valence electrons. The summed E-state index contributed by atoms with van der Waals surface area (Å²) in [4.78, 5) is 14.9. The topological polar surface area (TPSA) is 44.4 Å². The summed E-state index contributed by atoms with van der Waals surface area (Å²) in [5.74, 6) is 0. The summed E-state index contributed by atoms with van der Waals surface area (Å²) < 4.78 is 0. The Hall–Kier alpha value is -1.85. The van der Waals surface area contributed by atoms with Crippen molar-refractivity contribution < 1.29 is 4.79 Å². The smallest absolute Gasteiger partial charge is 0.315 e. The van der Waals surface area contributed by atoms with Crippen molar-refractivity contribution in [3.05, 3.63) is 57.8 Å². The van der Waals surface area contributed by atoms with Gasteiger partial charge in [-0.15, -0.1) is 0 Å². The second-order valence-electron chi connectivity index (χ2n) is 7.75. The Balaban J connectivity index is 1.39. The minimum Gasteiger partial charge on any atom is -0.336 e. The number of carbonyl (C=O) groups is 1. The van der Waals surface area contributed by atoms with Gasteiger partial charge in [-0.3, -0.25) is 4.90 Å². The third-order valence-electron chi connectivity index (χ3n) is 5.93. The van der Waals surface area contributed by atoms with Crippen molar-refractivity contribution >= 4 is 17.4 Å². The maximum Gasteiger partial charge on any atom is 0.315 e. The van der Waals surface area contributed by atoms with Crippen molar-refractivity contribution in [2.24, 2.45) is 0 Å². The van der Waals surface area contributed by atoms with E-state index in [0.29, 0.717) is 12.6 Å². The zero-order chi connectivity index (χ0) is 18.5. The van der Waals surface area contributed by atoms with Gasteiger partial charge in [-0.2, -0.15) is 11.3 Å². The molecule has 0 saturated heterocycles. The fourth-order valence-corrected chi connectivity index (χ4v) is 5.09. The number of nitrogens with zero attached hydrogens (tertiary/aromatic N) is 1. The standard InChI is InChI=1S/C22H29N3OS/c26-22(24-20-8-2-1-3-9-20)23-14-21(19-11-13-27-16-19)25-12-10-17-6-4-5-7-18(17)15-25/h4-7,11,13,16,20-21H,1-3,8-10,12,14-15H2,(H2,23,24,26). The molecule has 1 unspecified atom stereocenters. The number of fused-ring (bicyclic) bond motifs is 1. The number of carbonyl (C=O) groups excluding carboxylic acids is 1. The average Bonchev–Trinajstić information content (AvgIpc) is 3.23. The Kier molecular flexibility index (Phi) is 6.10. The van der Waals surface area contributed by atoms with Crippen molar-refractivity contribution in [1.82, 2.24) is 15.5 Å². The van der Waals surface area contributed by atoms with Crippen LogP contribution in [0, 0.1) is 0 Å². The third-order valence-corrected chi connectivity index (χ3v) is 6.63. The first-order chi connectivity index (χ1) is 13.3. The summed E-state index contributed by atoms with van der Waals surface area (Å²) in [5, 5.41) is 10.7. The van der Waals surface area contributed by atoms with E-state index in [0.717, 1.165) is 32.4 Å². The molecule has 2 aromatic rings. The number of thiophene rings is 1. The van der Waals surface area contributed by atoms with Crippen LogP contribution in [0.3, 0.4) is 0 Å². The van der Waals surface area contributed by atoms with Crippen LogP contribution in [0.1, 0.15) is 54.8 Å². The molecule has 0 radical (unpaired) electrons. The molecule has 1 aromatic carbocycles. The van der Waals surface area contributed by atoms with Crippen LogP contribution in [0.25, 0.3) is 0 Å². The molecule has 2 N–H and O–H groups in total. The molecule has 4 rings (SSSR count). The van der Waals surface area contributed by atoms with Gasteiger partial charge >= 0.3 is 6.03 Å². The Morgan fingerprint density at radius 1 is 1.15 bits per heavy atom. The van der Waals surface area contributed by atoms with E-state index in [2.05, 4.69) is 56.6 Å². The molecular weight excluding hydrogens is 354 g/mol. The number of nitrogens with one attached hydrogen (secondary N) is 2. The van der Waals surface area contributed by atoms with E-state index < -0.39 is 0 Å². The molecule has 1 aliphatic carbocycles. The number of rotatable bonds is 5. The van der Waals surface area contributed by atoms with Crippen molar-refractivity contribution in [2.45, 2.75) is 57.2 Å². The lowest BCUT2D eigenvalue weighted by Crippen LogP contribution is -2.46. The maximum absolute atomic E-state index is 12.4. The highest BCUT2D eigenvalue weighted by atomic mass is 32.1. The van der Waals surface area contributed by atoms with Gasteiger partial charge in [-0.1, -0.05) is 43.5 Å². The van der Waals surface area contributed by atoms with Gasteiger partial charge in [-0.05, 0) is 52.8 Å². The van der Waals surface area contributed by atoms with Crippen LogP contribution in [0.15, 0.2) is 41.1 Å². The normalized spacial score (nSPS) is 19.3. The monoisotopic (exact) mass is 383 g/mol. The molecule has 1 aliphatic heterocycles. The zero-order valence-electron chi connectivity index (χ0n) is 15.8. The molecule has 1 fully saturated rings. The Labute approximate surface area is 166 Å². The first kappa shape index (κ1) is 18.5. The Bertz CT molecular complexity index is 740. The molecule has 2 amide bonds. The minimum absolute atomic E-state index is 0.0143. The van der Waals surface area contributed by atoms with Gasteiger partial charge in [0.25, 0.3) is 0 Å². The van der Waals surface area contributed by atoms with E-state index in [9.17, 15) is 4.79 Å².